The molecule has 0 aliphatic carbocycles. The van der Waals surface area contributed by atoms with Crippen molar-refractivity contribution in [3.05, 3.63) is 0 Å². The highest BCUT2D eigenvalue weighted by Gasteiger charge is 2.12. The van der Waals surface area contributed by atoms with Gasteiger partial charge in [0.25, 0.3) is 0 Å². The van der Waals surface area contributed by atoms with E-state index >= 15 is 0 Å². The van der Waals surface area contributed by atoms with Crippen molar-refractivity contribution < 1.29 is 4.79 Å². The van der Waals surface area contributed by atoms with Crippen molar-refractivity contribution in [1.82, 2.24) is 10.2 Å². The van der Waals surface area contributed by atoms with E-state index in [1.54, 1.807) is 0 Å². The molecule has 0 aliphatic rings. The second-order valence-electron chi connectivity index (χ2n) is 4.86. The summed E-state index contributed by atoms with van der Waals surface area (Å²) >= 11 is 0. The number of rotatable bonds is 9. The molecule has 4 heteroatoms. The second kappa shape index (κ2) is 9.42. The summed E-state index contributed by atoms with van der Waals surface area (Å²) in [5, 5.41) is 2.98. The molecule has 17 heavy (non-hydrogen) atoms. The molecule has 0 aromatic carbocycles. The van der Waals surface area contributed by atoms with Crippen LogP contribution in [0.1, 0.15) is 40.0 Å². The minimum atomic E-state index is 0.0763. The van der Waals surface area contributed by atoms with E-state index in [1.165, 1.54) is 0 Å². The normalized spacial score (nSPS) is 14.7. The fourth-order valence-corrected chi connectivity index (χ4v) is 1.62. The molecule has 2 unspecified atom stereocenters. The quantitative estimate of drug-likeness (QED) is 0.640. The SMILES string of the molecule is CCC(C)N(C)CCNC(=O)C(C)CCCN. The maximum absolute atomic E-state index is 11.7. The average Bonchev–Trinajstić information content (AvgIpc) is 2.34. The summed E-state index contributed by atoms with van der Waals surface area (Å²) in [5.41, 5.74) is 5.43. The molecular weight excluding hydrogens is 214 g/mol. The first-order valence-electron chi connectivity index (χ1n) is 6.70. The summed E-state index contributed by atoms with van der Waals surface area (Å²) in [4.78, 5) is 14.0. The van der Waals surface area contributed by atoms with Gasteiger partial charge in [0, 0.05) is 25.0 Å². The van der Waals surface area contributed by atoms with Gasteiger partial charge in [-0.05, 0) is 39.8 Å². The van der Waals surface area contributed by atoms with Crippen molar-refractivity contribution in [1.29, 1.82) is 0 Å². The van der Waals surface area contributed by atoms with E-state index in [9.17, 15) is 4.79 Å². The molecular formula is C13H29N3O. The maximum Gasteiger partial charge on any atom is 0.222 e. The van der Waals surface area contributed by atoms with E-state index in [1.807, 2.05) is 6.92 Å². The Hall–Kier alpha value is -0.610. The highest BCUT2D eigenvalue weighted by atomic mass is 16.1. The van der Waals surface area contributed by atoms with Gasteiger partial charge in [0.05, 0.1) is 0 Å². The van der Waals surface area contributed by atoms with E-state index in [0.717, 1.165) is 32.4 Å². The van der Waals surface area contributed by atoms with Crippen LogP contribution in [-0.2, 0) is 4.79 Å². The third kappa shape index (κ3) is 7.34. The van der Waals surface area contributed by atoms with E-state index in [2.05, 4.69) is 31.1 Å². The second-order valence-corrected chi connectivity index (χ2v) is 4.86. The number of nitrogens with two attached hydrogens (primary N) is 1. The predicted octanol–water partition coefficient (Wildman–Crippen LogP) is 1.21. The van der Waals surface area contributed by atoms with Gasteiger partial charge in [-0.15, -0.1) is 0 Å². The number of likely N-dealkylation sites (N-methyl/N-ethyl adjacent to an activating group) is 1. The Balaban J connectivity index is 3.70. The molecule has 1 amide bonds. The molecule has 0 fully saturated rings. The zero-order valence-electron chi connectivity index (χ0n) is 11.8. The number of nitrogens with one attached hydrogen (secondary N) is 1. The van der Waals surface area contributed by atoms with E-state index < -0.39 is 0 Å². The van der Waals surface area contributed by atoms with Gasteiger partial charge < -0.3 is 16.0 Å². The minimum absolute atomic E-state index is 0.0763. The first-order chi connectivity index (χ1) is 8.02. The third-order valence-corrected chi connectivity index (χ3v) is 3.40. The Morgan fingerprint density at radius 1 is 1.41 bits per heavy atom. The molecule has 0 aromatic rings. The van der Waals surface area contributed by atoms with Crippen LogP contribution in [0.25, 0.3) is 0 Å². The Labute approximate surface area is 106 Å². The third-order valence-electron chi connectivity index (χ3n) is 3.40. The first kappa shape index (κ1) is 16.4. The molecule has 0 saturated heterocycles. The largest absolute Gasteiger partial charge is 0.355 e. The van der Waals surface area contributed by atoms with Crippen LogP contribution in [0.3, 0.4) is 0 Å². The van der Waals surface area contributed by atoms with E-state index in [-0.39, 0.29) is 11.8 Å². The molecule has 0 aromatic heterocycles. The van der Waals surface area contributed by atoms with Crippen LogP contribution in [0.2, 0.25) is 0 Å². The van der Waals surface area contributed by atoms with Crippen LogP contribution in [-0.4, -0.2) is 43.5 Å². The summed E-state index contributed by atoms with van der Waals surface area (Å²) in [7, 11) is 2.10. The summed E-state index contributed by atoms with van der Waals surface area (Å²) in [5.74, 6) is 0.225. The van der Waals surface area contributed by atoms with Gasteiger partial charge in [-0.2, -0.15) is 0 Å². The Bertz CT molecular complexity index is 209. The van der Waals surface area contributed by atoms with Gasteiger partial charge in [0.15, 0.2) is 0 Å². The lowest BCUT2D eigenvalue weighted by Crippen LogP contribution is -2.38. The molecule has 4 nitrogen and oxygen atoms in total. The summed E-state index contributed by atoms with van der Waals surface area (Å²) in [6, 6.07) is 0.571. The Kier molecular flexibility index (Phi) is 9.09. The monoisotopic (exact) mass is 243 g/mol. The number of carbonyl (C=O) groups excluding carboxylic acids is 1. The van der Waals surface area contributed by atoms with Gasteiger partial charge >= 0.3 is 0 Å². The van der Waals surface area contributed by atoms with Gasteiger partial charge in [0.2, 0.25) is 5.91 Å². The average molecular weight is 243 g/mol. The van der Waals surface area contributed by atoms with Gasteiger partial charge in [-0.25, -0.2) is 0 Å². The number of amides is 1. The van der Waals surface area contributed by atoms with Crippen molar-refractivity contribution in [2.75, 3.05) is 26.7 Å². The summed E-state index contributed by atoms with van der Waals surface area (Å²) in [6.07, 6.45) is 2.93. The number of hydrogen-bond acceptors (Lipinski definition) is 3. The summed E-state index contributed by atoms with van der Waals surface area (Å²) in [6.45, 7) is 8.63. The fraction of sp³-hybridized carbons (Fsp3) is 0.923. The van der Waals surface area contributed by atoms with Crippen LogP contribution in [0.5, 0.6) is 0 Å². The van der Waals surface area contributed by atoms with Crippen LogP contribution in [0.4, 0.5) is 0 Å². The highest BCUT2D eigenvalue weighted by Crippen LogP contribution is 2.04. The van der Waals surface area contributed by atoms with Crippen molar-refractivity contribution in [2.24, 2.45) is 11.7 Å². The van der Waals surface area contributed by atoms with Gasteiger partial charge in [-0.3, -0.25) is 4.79 Å². The lowest BCUT2D eigenvalue weighted by Gasteiger charge is -2.23. The number of hydrogen-bond donors (Lipinski definition) is 2. The number of nitrogens with zero attached hydrogens (tertiary/aromatic N) is 1. The van der Waals surface area contributed by atoms with Crippen LogP contribution < -0.4 is 11.1 Å². The minimum Gasteiger partial charge on any atom is -0.355 e. The highest BCUT2D eigenvalue weighted by molar-refractivity contribution is 5.78. The van der Waals surface area contributed by atoms with Crippen LogP contribution in [0, 0.1) is 5.92 Å². The van der Waals surface area contributed by atoms with Crippen molar-refractivity contribution in [3.63, 3.8) is 0 Å². The first-order valence-corrected chi connectivity index (χ1v) is 6.70. The molecule has 102 valence electrons. The summed E-state index contributed by atoms with van der Waals surface area (Å²) < 4.78 is 0. The predicted molar refractivity (Wildman–Crippen MR) is 72.8 cm³/mol. The fourth-order valence-electron chi connectivity index (χ4n) is 1.62. The lowest BCUT2D eigenvalue weighted by molar-refractivity contribution is -0.124. The van der Waals surface area contributed by atoms with Crippen molar-refractivity contribution >= 4 is 5.91 Å². The van der Waals surface area contributed by atoms with Crippen molar-refractivity contribution in [2.45, 2.75) is 46.1 Å². The smallest absolute Gasteiger partial charge is 0.222 e. The molecule has 0 rings (SSSR count). The zero-order valence-corrected chi connectivity index (χ0v) is 11.8. The molecule has 3 N–H and O–H groups in total. The molecule has 0 heterocycles. The van der Waals surface area contributed by atoms with E-state index in [4.69, 9.17) is 5.73 Å². The van der Waals surface area contributed by atoms with Crippen LogP contribution >= 0.6 is 0 Å². The lowest BCUT2D eigenvalue weighted by atomic mass is 10.1. The molecule has 0 spiro atoms. The topological polar surface area (TPSA) is 58.4 Å². The van der Waals surface area contributed by atoms with E-state index in [0.29, 0.717) is 12.6 Å². The Morgan fingerprint density at radius 3 is 2.59 bits per heavy atom. The standard InChI is InChI=1S/C13H29N3O/c1-5-12(3)16(4)10-9-15-13(17)11(2)7-6-8-14/h11-12H,5-10,14H2,1-4H3,(H,15,17). The number of carbonyl (C=O) groups is 1. The van der Waals surface area contributed by atoms with Gasteiger partial charge in [-0.1, -0.05) is 13.8 Å². The van der Waals surface area contributed by atoms with Gasteiger partial charge in [0.1, 0.15) is 0 Å². The molecule has 0 bridgehead atoms. The van der Waals surface area contributed by atoms with Crippen molar-refractivity contribution in [3.8, 4) is 0 Å². The maximum atomic E-state index is 11.7. The molecule has 0 radical (unpaired) electrons. The zero-order chi connectivity index (χ0) is 13.3. The molecule has 2 atom stereocenters. The molecule has 0 saturated carbocycles. The Morgan fingerprint density at radius 2 is 2.06 bits per heavy atom. The molecule has 0 aliphatic heterocycles. The van der Waals surface area contributed by atoms with Crippen LogP contribution in [0.15, 0.2) is 0 Å².